The normalized spacial score (nSPS) is 14.3. The van der Waals surface area contributed by atoms with Gasteiger partial charge in [-0.3, -0.25) is 4.79 Å². The summed E-state index contributed by atoms with van der Waals surface area (Å²) in [4.78, 5) is 26.1. The van der Waals surface area contributed by atoms with Crippen molar-refractivity contribution in [3.05, 3.63) is 77.5 Å². The number of benzene rings is 2. The zero-order valence-corrected chi connectivity index (χ0v) is 20.7. The lowest BCUT2D eigenvalue weighted by atomic mass is 10.1. The Morgan fingerprint density at radius 3 is 2.71 bits per heavy atom. The molecule has 4 rings (SSSR count). The monoisotopic (exact) mass is 474 g/mol. The third-order valence-electron chi connectivity index (χ3n) is 6.07. The van der Waals surface area contributed by atoms with E-state index < -0.39 is 0 Å². The van der Waals surface area contributed by atoms with Crippen molar-refractivity contribution in [3.63, 3.8) is 0 Å². The Morgan fingerprint density at radius 1 is 1.11 bits per heavy atom. The van der Waals surface area contributed by atoms with Crippen molar-refractivity contribution in [2.24, 2.45) is 0 Å². The second kappa shape index (κ2) is 11.7. The summed E-state index contributed by atoms with van der Waals surface area (Å²) in [6.07, 6.45) is 2.43. The summed E-state index contributed by atoms with van der Waals surface area (Å²) in [7, 11) is 3.91. The van der Waals surface area contributed by atoms with Crippen molar-refractivity contribution >= 4 is 17.7 Å². The Balaban J connectivity index is 1.51. The van der Waals surface area contributed by atoms with E-state index in [1.54, 1.807) is 6.20 Å². The standard InChI is InChI=1S/C27H34N6O2/c1-4-29-27-30-18-23-25(31-27)32(3)15-16-33(26(23)34)19-20-9-8-12-22(17-20)35-24(13-14-28-2)21-10-6-5-7-11-21/h5-12,17-18,24,28H,4,13-16,19H2,1-3H3,(H,29,30,31). The van der Waals surface area contributed by atoms with Crippen LogP contribution in [-0.2, 0) is 6.54 Å². The van der Waals surface area contributed by atoms with Crippen LogP contribution in [0.25, 0.3) is 0 Å². The van der Waals surface area contributed by atoms with Crippen molar-refractivity contribution in [2.75, 3.05) is 50.5 Å². The molecule has 2 heterocycles. The zero-order chi connectivity index (χ0) is 24.6. The summed E-state index contributed by atoms with van der Waals surface area (Å²) in [6.45, 7) is 5.35. The number of aromatic nitrogens is 2. The molecule has 8 nitrogen and oxygen atoms in total. The minimum atomic E-state index is -0.0603. The molecule has 0 spiro atoms. The van der Waals surface area contributed by atoms with Crippen LogP contribution < -0.4 is 20.3 Å². The fraction of sp³-hybridized carbons (Fsp3) is 0.370. The molecule has 35 heavy (non-hydrogen) atoms. The molecule has 3 aromatic rings. The smallest absolute Gasteiger partial charge is 0.259 e. The van der Waals surface area contributed by atoms with Crippen molar-refractivity contribution in [2.45, 2.75) is 26.0 Å². The first kappa shape index (κ1) is 24.5. The average molecular weight is 475 g/mol. The van der Waals surface area contributed by atoms with Gasteiger partial charge in [0, 0.05) is 45.8 Å². The van der Waals surface area contributed by atoms with E-state index in [9.17, 15) is 4.79 Å². The van der Waals surface area contributed by atoms with Crippen molar-refractivity contribution < 1.29 is 9.53 Å². The van der Waals surface area contributed by atoms with Gasteiger partial charge in [0.05, 0.1) is 0 Å². The molecule has 1 unspecified atom stereocenters. The van der Waals surface area contributed by atoms with Gasteiger partial charge in [0.1, 0.15) is 23.2 Å². The Morgan fingerprint density at radius 2 is 1.94 bits per heavy atom. The molecular formula is C27H34N6O2. The second-order valence-corrected chi connectivity index (χ2v) is 8.67. The van der Waals surface area contributed by atoms with Crippen LogP contribution in [0.3, 0.4) is 0 Å². The fourth-order valence-corrected chi connectivity index (χ4v) is 4.20. The van der Waals surface area contributed by atoms with Crippen LogP contribution in [0, 0.1) is 0 Å². The molecule has 184 valence electrons. The molecule has 0 bridgehead atoms. The van der Waals surface area contributed by atoms with E-state index in [0.717, 1.165) is 36.4 Å². The first-order valence-corrected chi connectivity index (χ1v) is 12.2. The molecule has 2 N–H and O–H groups in total. The molecule has 8 heteroatoms. The van der Waals surface area contributed by atoms with Gasteiger partial charge in [-0.1, -0.05) is 42.5 Å². The number of hydrogen-bond acceptors (Lipinski definition) is 7. The minimum absolute atomic E-state index is 0.0534. The second-order valence-electron chi connectivity index (χ2n) is 8.67. The summed E-state index contributed by atoms with van der Waals surface area (Å²) in [5.41, 5.74) is 2.69. The summed E-state index contributed by atoms with van der Waals surface area (Å²) in [5, 5.41) is 6.33. The van der Waals surface area contributed by atoms with E-state index in [1.165, 1.54) is 0 Å². The first-order chi connectivity index (χ1) is 17.1. The van der Waals surface area contributed by atoms with E-state index in [0.29, 0.717) is 37.0 Å². The van der Waals surface area contributed by atoms with Crippen LogP contribution >= 0.6 is 0 Å². The number of rotatable bonds is 10. The van der Waals surface area contributed by atoms with E-state index in [4.69, 9.17) is 4.74 Å². The van der Waals surface area contributed by atoms with Crippen LogP contribution in [0.2, 0.25) is 0 Å². The minimum Gasteiger partial charge on any atom is -0.486 e. The predicted molar refractivity (Wildman–Crippen MR) is 139 cm³/mol. The van der Waals surface area contributed by atoms with Gasteiger partial charge in [-0.05, 0) is 43.8 Å². The molecule has 1 atom stereocenters. The molecule has 1 amide bonds. The molecule has 2 aromatic carbocycles. The number of anilines is 2. The zero-order valence-electron chi connectivity index (χ0n) is 20.7. The van der Waals surface area contributed by atoms with Crippen LogP contribution in [0.5, 0.6) is 5.75 Å². The molecule has 1 aliphatic rings. The Kier molecular flexibility index (Phi) is 8.15. The number of amides is 1. The van der Waals surface area contributed by atoms with E-state index >= 15 is 0 Å². The molecule has 1 aromatic heterocycles. The van der Waals surface area contributed by atoms with Gasteiger partial charge in [-0.25, -0.2) is 4.98 Å². The largest absolute Gasteiger partial charge is 0.486 e. The van der Waals surface area contributed by atoms with Crippen molar-refractivity contribution in [1.29, 1.82) is 0 Å². The third-order valence-corrected chi connectivity index (χ3v) is 6.07. The van der Waals surface area contributed by atoms with Gasteiger partial charge in [0.15, 0.2) is 0 Å². The lowest BCUT2D eigenvalue weighted by molar-refractivity contribution is 0.0754. The highest BCUT2D eigenvalue weighted by molar-refractivity contribution is 5.99. The number of carbonyl (C=O) groups is 1. The summed E-state index contributed by atoms with van der Waals surface area (Å²) in [6, 6.07) is 18.3. The molecule has 0 fully saturated rings. The Hall–Kier alpha value is -3.65. The van der Waals surface area contributed by atoms with Crippen LogP contribution in [0.15, 0.2) is 60.8 Å². The summed E-state index contributed by atoms with van der Waals surface area (Å²) < 4.78 is 6.41. The maximum Gasteiger partial charge on any atom is 0.259 e. The van der Waals surface area contributed by atoms with Gasteiger partial charge in [0.2, 0.25) is 5.95 Å². The maximum absolute atomic E-state index is 13.4. The summed E-state index contributed by atoms with van der Waals surface area (Å²) >= 11 is 0. The Labute approximate surface area is 207 Å². The quantitative estimate of drug-likeness (QED) is 0.463. The lowest BCUT2D eigenvalue weighted by Crippen LogP contribution is -2.33. The van der Waals surface area contributed by atoms with Gasteiger partial charge in [-0.15, -0.1) is 0 Å². The maximum atomic E-state index is 13.4. The molecule has 0 aliphatic carbocycles. The number of nitrogens with zero attached hydrogens (tertiary/aromatic N) is 4. The fourth-order valence-electron chi connectivity index (χ4n) is 4.20. The Bertz CT molecular complexity index is 1120. The number of nitrogens with one attached hydrogen (secondary N) is 2. The third kappa shape index (κ3) is 6.08. The number of carbonyl (C=O) groups excluding carboxylic acids is 1. The van der Waals surface area contributed by atoms with Crippen molar-refractivity contribution in [3.8, 4) is 5.75 Å². The number of ether oxygens (including phenoxy) is 1. The molecular weight excluding hydrogens is 440 g/mol. The average Bonchev–Trinajstić information content (AvgIpc) is 2.99. The molecule has 1 aliphatic heterocycles. The van der Waals surface area contributed by atoms with E-state index in [2.05, 4.69) is 32.7 Å². The van der Waals surface area contributed by atoms with Gasteiger partial charge < -0.3 is 25.2 Å². The molecule has 0 saturated heterocycles. The number of hydrogen-bond donors (Lipinski definition) is 2. The van der Waals surface area contributed by atoms with E-state index in [-0.39, 0.29) is 12.0 Å². The molecule has 0 saturated carbocycles. The number of fused-ring (bicyclic) bond motifs is 1. The highest BCUT2D eigenvalue weighted by Gasteiger charge is 2.27. The van der Waals surface area contributed by atoms with Crippen LogP contribution in [0.1, 0.15) is 40.9 Å². The highest BCUT2D eigenvalue weighted by Crippen LogP contribution is 2.27. The van der Waals surface area contributed by atoms with Gasteiger partial charge in [0.25, 0.3) is 5.91 Å². The van der Waals surface area contributed by atoms with Gasteiger partial charge in [-0.2, -0.15) is 4.98 Å². The predicted octanol–water partition coefficient (Wildman–Crippen LogP) is 3.73. The topological polar surface area (TPSA) is 82.6 Å². The number of likely N-dealkylation sites (N-methyl/N-ethyl adjacent to an activating group) is 1. The molecule has 0 radical (unpaired) electrons. The van der Waals surface area contributed by atoms with Gasteiger partial charge >= 0.3 is 0 Å². The van der Waals surface area contributed by atoms with Crippen LogP contribution in [0.4, 0.5) is 11.8 Å². The first-order valence-electron chi connectivity index (χ1n) is 12.2. The highest BCUT2D eigenvalue weighted by atomic mass is 16.5. The van der Waals surface area contributed by atoms with Crippen molar-refractivity contribution in [1.82, 2.24) is 20.2 Å². The SMILES string of the molecule is CCNc1ncc2c(n1)N(C)CCN(Cc1cccc(OC(CCNC)c3ccccc3)c1)C2=O. The van der Waals surface area contributed by atoms with Crippen LogP contribution in [-0.4, -0.2) is 61.0 Å². The summed E-state index contributed by atoms with van der Waals surface area (Å²) in [5.74, 6) is 1.94. The lowest BCUT2D eigenvalue weighted by Gasteiger charge is -2.23. The van der Waals surface area contributed by atoms with E-state index in [1.807, 2.05) is 73.3 Å².